The normalized spacial score (nSPS) is 12.4. The van der Waals surface area contributed by atoms with E-state index in [-0.39, 0.29) is 11.4 Å². The lowest BCUT2D eigenvalue weighted by atomic mass is 10.2. The number of rotatable bonds is 7. The molecule has 1 aromatic carbocycles. The minimum atomic E-state index is -3.75. The van der Waals surface area contributed by atoms with Crippen LogP contribution in [-0.2, 0) is 21.4 Å². The number of nitrogens with zero attached hydrogens (tertiary/aromatic N) is 1. The molecule has 7 nitrogen and oxygen atoms in total. The first-order valence-corrected chi connectivity index (χ1v) is 9.16. The van der Waals surface area contributed by atoms with E-state index in [2.05, 4.69) is 15.0 Å². The molecule has 0 radical (unpaired) electrons. The first-order chi connectivity index (χ1) is 11.8. The van der Waals surface area contributed by atoms with Gasteiger partial charge in [0.2, 0.25) is 21.8 Å². The number of nitrogens with one attached hydrogen (secondary N) is 2. The smallest absolute Gasteiger partial charge is 0.241 e. The Balaban J connectivity index is 1.93. The number of hydrogen-bond donors (Lipinski definition) is 2. The zero-order valence-corrected chi connectivity index (χ0v) is 15.1. The monoisotopic (exact) mass is 363 g/mol. The molecule has 1 atom stereocenters. The molecule has 0 unspecified atom stereocenters. The number of aryl methyl sites for hydroxylation is 1. The fourth-order valence-corrected chi connectivity index (χ4v) is 3.25. The Kier molecular flexibility index (Phi) is 6.11. The summed E-state index contributed by atoms with van der Waals surface area (Å²) in [6.07, 6.45) is 1.58. The van der Waals surface area contributed by atoms with Gasteiger partial charge in [-0.2, -0.15) is 4.72 Å². The molecule has 0 bridgehead atoms. The van der Waals surface area contributed by atoms with Gasteiger partial charge in [0.25, 0.3) is 0 Å². The fraction of sp³-hybridized carbons (Fsp3) is 0.294. The Hall–Kier alpha value is -2.45. The summed E-state index contributed by atoms with van der Waals surface area (Å²) in [5, 5.41) is 2.67. The molecule has 1 heterocycles. The van der Waals surface area contributed by atoms with Gasteiger partial charge in [-0.25, -0.2) is 13.4 Å². The van der Waals surface area contributed by atoms with Crippen LogP contribution in [0.3, 0.4) is 0 Å². The van der Waals surface area contributed by atoms with E-state index in [0.717, 1.165) is 11.1 Å². The van der Waals surface area contributed by atoms with Crippen molar-refractivity contribution < 1.29 is 17.9 Å². The van der Waals surface area contributed by atoms with E-state index < -0.39 is 22.0 Å². The molecule has 2 aromatic rings. The van der Waals surface area contributed by atoms with Crippen LogP contribution in [0.25, 0.3) is 0 Å². The highest BCUT2D eigenvalue weighted by Gasteiger charge is 2.21. The first kappa shape index (κ1) is 18.9. The minimum Gasteiger partial charge on any atom is -0.481 e. The summed E-state index contributed by atoms with van der Waals surface area (Å²) >= 11 is 0. The third-order valence-electron chi connectivity index (χ3n) is 3.53. The van der Waals surface area contributed by atoms with Crippen molar-refractivity contribution in [1.82, 2.24) is 15.0 Å². The maximum atomic E-state index is 12.3. The molecule has 0 saturated carbocycles. The lowest BCUT2D eigenvalue weighted by molar-refractivity contribution is -0.122. The van der Waals surface area contributed by atoms with E-state index in [1.165, 1.54) is 26.2 Å². The third kappa shape index (κ3) is 5.27. The number of sulfonamides is 1. The highest BCUT2D eigenvalue weighted by Crippen LogP contribution is 2.11. The number of methoxy groups -OCH3 is 1. The Labute approximate surface area is 147 Å². The van der Waals surface area contributed by atoms with Gasteiger partial charge in [-0.05, 0) is 31.5 Å². The van der Waals surface area contributed by atoms with Crippen LogP contribution in [0.2, 0.25) is 0 Å². The summed E-state index contributed by atoms with van der Waals surface area (Å²) in [5.74, 6) is 0.0563. The second-order valence-electron chi connectivity index (χ2n) is 5.58. The van der Waals surface area contributed by atoms with Crippen LogP contribution in [0.4, 0.5) is 0 Å². The number of ether oxygens (including phenoxy) is 1. The Bertz CT molecular complexity index is 818. The van der Waals surface area contributed by atoms with Crippen molar-refractivity contribution >= 4 is 15.9 Å². The first-order valence-electron chi connectivity index (χ1n) is 7.67. The molecule has 0 saturated heterocycles. The van der Waals surface area contributed by atoms with Crippen molar-refractivity contribution in [3.8, 4) is 5.88 Å². The second kappa shape index (κ2) is 8.09. The molecular formula is C17H21N3O4S. The highest BCUT2D eigenvalue weighted by molar-refractivity contribution is 7.89. The highest BCUT2D eigenvalue weighted by atomic mass is 32.2. The minimum absolute atomic E-state index is 0.122. The lowest BCUT2D eigenvalue weighted by Crippen LogP contribution is -2.44. The van der Waals surface area contributed by atoms with E-state index in [4.69, 9.17) is 4.74 Å². The average molecular weight is 363 g/mol. The standard InChI is InChI=1S/C17H21N3O4S/c1-12-4-7-15(8-5-12)25(22,23)20-13(2)17(21)19-11-14-6-9-16(24-3)18-10-14/h4-10,13,20H,11H2,1-3H3,(H,19,21)/t13-/m1/s1. The number of pyridine rings is 1. The van der Waals surface area contributed by atoms with Gasteiger partial charge < -0.3 is 10.1 Å². The molecular weight excluding hydrogens is 342 g/mol. The average Bonchev–Trinajstić information content (AvgIpc) is 2.60. The van der Waals surface area contributed by atoms with Crippen molar-refractivity contribution in [3.05, 3.63) is 53.7 Å². The molecule has 0 fully saturated rings. The van der Waals surface area contributed by atoms with Crippen molar-refractivity contribution in [3.63, 3.8) is 0 Å². The van der Waals surface area contributed by atoms with Gasteiger partial charge >= 0.3 is 0 Å². The van der Waals surface area contributed by atoms with Gasteiger partial charge in [0.1, 0.15) is 0 Å². The molecule has 1 aromatic heterocycles. The fourth-order valence-electron chi connectivity index (χ4n) is 2.05. The summed E-state index contributed by atoms with van der Waals surface area (Å²) < 4.78 is 31.9. The zero-order chi connectivity index (χ0) is 18.4. The largest absolute Gasteiger partial charge is 0.481 e. The topological polar surface area (TPSA) is 97.4 Å². The number of aromatic nitrogens is 1. The number of amides is 1. The maximum absolute atomic E-state index is 12.3. The van der Waals surface area contributed by atoms with E-state index >= 15 is 0 Å². The van der Waals surface area contributed by atoms with Crippen LogP contribution in [0.1, 0.15) is 18.1 Å². The van der Waals surface area contributed by atoms with E-state index in [9.17, 15) is 13.2 Å². The van der Waals surface area contributed by atoms with Crippen LogP contribution in [-0.4, -0.2) is 32.5 Å². The summed E-state index contributed by atoms with van der Waals surface area (Å²) in [6.45, 7) is 3.60. The van der Waals surface area contributed by atoms with E-state index in [1.807, 2.05) is 6.92 Å². The van der Waals surface area contributed by atoms with Gasteiger partial charge in [0, 0.05) is 18.8 Å². The number of carbonyl (C=O) groups is 1. The summed E-state index contributed by atoms with van der Waals surface area (Å²) in [6, 6.07) is 8.97. The van der Waals surface area contributed by atoms with Gasteiger partial charge in [-0.15, -0.1) is 0 Å². The molecule has 0 aliphatic carbocycles. The molecule has 8 heteroatoms. The van der Waals surface area contributed by atoms with Gasteiger partial charge in [-0.1, -0.05) is 23.8 Å². The van der Waals surface area contributed by atoms with Crippen molar-refractivity contribution in [2.75, 3.05) is 7.11 Å². The predicted molar refractivity (Wildman–Crippen MR) is 93.6 cm³/mol. The Morgan fingerprint density at radius 1 is 1.20 bits per heavy atom. The van der Waals surface area contributed by atoms with Crippen LogP contribution in [0.15, 0.2) is 47.5 Å². The van der Waals surface area contributed by atoms with Crippen LogP contribution in [0.5, 0.6) is 5.88 Å². The summed E-state index contributed by atoms with van der Waals surface area (Å²) in [7, 11) is -2.23. The molecule has 1 amide bonds. The van der Waals surface area contributed by atoms with Gasteiger partial charge in [0.05, 0.1) is 18.0 Å². The van der Waals surface area contributed by atoms with Crippen LogP contribution >= 0.6 is 0 Å². The van der Waals surface area contributed by atoms with E-state index in [0.29, 0.717) is 5.88 Å². The SMILES string of the molecule is COc1ccc(CNC(=O)[C@@H](C)NS(=O)(=O)c2ccc(C)cc2)cn1. The molecule has 0 spiro atoms. The van der Waals surface area contributed by atoms with Gasteiger partial charge in [0.15, 0.2) is 0 Å². The second-order valence-corrected chi connectivity index (χ2v) is 7.30. The summed E-state index contributed by atoms with van der Waals surface area (Å²) in [5.41, 5.74) is 1.74. The molecule has 2 N–H and O–H groups in total. The van der Waals surface area contributed by atoms with Crippen LogP contribution in [0, 0.1) is 6.92 Å². The molecule has 134 valence electrons. The maximum Gasteiger partial charge on any atom is 0.241 e. The molecule has 0 aliphatic rings. The third-order valence-corrected chi connectivity index (χ3v) is 5.09. The van der Waals surface area contributed by atoms with E-state index in [1.54, 1.807) is 30.5 Å². The predicted octanol–water partition coefficient (Wildman–Crippen LogP) is 1.38. The Morgan fingerprint density at radius 2 is 1.88 bits per heavy atom. The Morgan fingerprint density at radius 3 is 2.44 bits per heavy atom. The van der Waals surface area contributed by atoms with Gasteiger partial charge in [-0.3, -0.25) is 4.79 Å². The van der Waals surface area contributed by atoms with Crippen molar-refractivity contribution in [2.24, 2.45) is 0 Å². The summed E-state index contributed by atoms with van der Waals surface area (Å²) in [4.78, 5) is 16.3. The van der Waals surface area contributed by atoms with Crippen LogP contribution < -0.4 is 14.8 Å². The molecule has 2 rings (SSSR count). The molecule has 25 heavy (non-hydrogen) atoms. The van der Waals surface area contributed by atoms with Crippen molar-refractivity contribution in [2.45, 2.75) is 31.3 Å². The number of carbonyl (C=O) groups excluding carboxylic acids is 1. The number of benzene rings is 1. The zero-order valence-electron chi connectivity index (χ0n) is 14.3. The van der Waals surface area contributed by atoms with Crippen molar-refractivity contribution in [1.29, 1.82) is 0 Å². The lowest BCUT2D eigenvalue weighted by Gasteiger charge is -2.14. The molecule has 0 aliphatic heterocycles. The quantitative estimate of drug-likeness (QED) is 0.775. The number of hydrogen-bond acceptors (Lipinski definition) is 5.